The quantitative estimate of drug-likeness (QED) is 0.719. The van der Waals surface area contributed by atoms with Crippen molar-refractivity contribution < 1.29 is 19.1 Å². The third kappa shape index (κ3) is 3.23. The van der Waals surface area contributed by atoms with E-state index in [0.29, 0.717) is 22.0 Å². The van der Waals surface area contributed by atoms with Gasteiger partial charge in [-0.1, -0.05) is 0 Å². The molecule has 0 spiro atoms. The first-order chi connectivity index (χ1) is 11.6. The number of fused-ring (bicyclic) bond motifs is 1. The van der Waals surface area contributed by atoms with E-state index >= 15 is 0 Å². The van der Waals surface area contributed by atoms with Crippen LogP contribution in [0.4, 0.5) is 5.69 Å². The normalized spacial score (nSPS) is 10.6. The van der Waals surface area contributed by atoms with Gasteiger partial charge in [0.05, 0.1) is 18.5 Å². The second-order valence-corrected chi connectivity index (χ2v) is 5.89. The van der Waals surface area contributed by atoms with Crippen molar-refractivity contribution in [1.29, 1.82) is 0 Å². The van der Waals surface area contributed by atoms with Crippen LogP contribution in [0.2, 0.25) is 0 Å². The van der Waals surface area contributed by atoms with Crippen molar-refractivity contribution >= 4 is 34.5 Å². The van der Waals surface area contributed by atoms with E-state index in [2.05, 4.69) is 15.0 Å². The Morgan fingerprint density at radius 1 is 1.38 bits per heavy atom. The summed E-state index contributed by atoms with van der Waals surface area (Å²) in [4.78, 5) is 28.4. The number of carbonyl (C=O) groups is 2. The number of ether oxygens (including phenoxy) is 2. The highest BCUT2D eigenvalue weighted by atomic mass is 32.1. The van der Waals surface area contributed by atoms with Gasteiger partial charge in [-0.15, -0.1) is 11.3 Å². The van der Waals surface area contributed by atoms with E-state index < -0.39 is 5.97 Å². The molecule has 7 nitrogen and oxygen atoms in total. The van der Waals surface area contributed by atoms with E-state index in [1.807, 2.05) is 29.8 Å². The number of imidazole rings is 1. The number of rotatable bonds is 5. The van der Waals surface area contributed by atoms with E-state index in [9.17, 15) is 9.59 Å². The van der Waals surface area contributed by atoms with Crippen molar-refractivity contribution in [2.45, 2.75) is 6.92 Å². The van der Waals surface area contributed by atoms with E-state index in [1.54, 1.807) is 17.5 Å². The Hall–Kier alpha value is -2.87. The molecule has 0 unspecified atom stereocenters. The van der Waals surface area contributed by atoms with Crippen LogP contribution >= 0.6 is 11.3 Å². The maximum Gasteiger partial charge on any atom is 0.350 e. The van der Waals surface area contributed by atoms with Gasteiger partial charge in [0.25, 0.3) is 5.91 Å². The van der Waals surface area contributed by atoms with E-state index in [0.717, 1.165) is 5.69 Å². The molecule has 0 saturated carbocycles. The monoisotopic (exact) mass is 345 g/mol. The summed E-state index contributed by atoms with van der Waals surface area (Å²) in [5, 5.41) is 4.35. The Balaban J connectivity index is 1.67. The molecule has 0 radical (unpaired) electrons. The van der Waals surface area contributed by atoms with Crippen molar-refractivity contribution in [3.05, 3.63) is 46.5 Å². The van der Waals surface area contributed by atoms with Crippen LogP contribution in [0.1, 0.15) is 15.4 Å². The molecule has 3 aromatic heterocycles. The fourth-order valence-corrected chi connectivity index (χ4v) is 2.98. The SMILES string of the molecule is COC(=O)c1sccc1NC(=O)COc1cccn2cc(C)nc12. The van der Waals surface area contributed by atoms with Gasteiger partial charge in [0, 0.05) is 12.4 Å². The Bertz CT molecular complexity index is 900. The molecule has 1 amide bonds. The van der Waals surface area contributed by atoms with Gasteiger partial charge in [-0.2, -0.15) is 0 Å². The highest BCUT2D eigenvalue weighted by molar-refractivity contribution is 7.12. The van der Waals surface area contributed by atoms with Crippen molar-refractivity contribution in [1.82, 2.24) is 9.38 Å². The van der Waals surface area contributed by atoms with Gasteiger partial charge < -0.3 is 19.2 Å². The average Bonchev–Trinajstić information content (AvgIpc) is 3.17. The fraction of sp³-hybridized carbons (Fsp3) is 0.188. The molecule has 0 saturated heterocycles. The van der Waals surface area contributed by atoms with Crippen LogP contribution in [-0.4, -0.2) is 35.0 Å². The standard InChI is InChI=1S/C16H15N3O4S/c1-10-8-19-6-3-4-12(15(19)17-10)23-9-13(20)18-11-5-7-24-14(11)16(21)22-2/h3-8H,9H2,1-2H3,(H,18,20). The molecule has 0 atom stereocenters. The number of pyridine rings is 1. The Labute approximate surface area is 141 Å². The molecule has 0 aromatic carbocycles. The first kappa shape index (κ1) is 16.0. The predicted octanol–water partition coefficient (Wildman–Crippen LogP) is 2.51. The zero-order chi connectivity index (χ0) is 17.1. The number of nitrogens with zero attached hydrogens (tertiary/aromatic N) is 2. The number of methoxy groups -OCH3 is 1. The molecule has 1 N–H and O–H groups in total. The number of carbonyl (C=O) groups excluding carboxylic acids is 2. The van der Waals surface area contributed by atoms with Crippen LogP contribution < -0.4 is 10.1 Å². The summed E-state index contributed by atoms with van der Waals surface area (Å²) >= 11 is 1.20. The summed E-state index contributed by atoms with van der Waals surface area (Å²) in [6, 6.07) is 5.21. The lowest BCUT2D eigenvalue weighted by atomic mass is 10.4. The number of nitrogens with one attached hydrogen (secondary N) is 1. The van der Waals surface area contributed by atoms with Gasteiger partial charge >= 0.3 is 5.97 Å². The van der Waals surface area contributed by atoms with Crippen molar-refractivity contribution in [2.24, 2.45) is 0 Å². The molecular weight excluding hydrogens is 330 g/mol. The summed E-state index contributed by atoms with van der Waals surface area (Å²) in [5.74, 6) is -0.345. The Morgan fingerprint density at radius 3 is 3.00 bits per heavy atom. The molecule has 0 aliphatic carbocycles. The zero-order valence-electron chi connectivity index (χ0n) is 13.1. The van der Waals surface area contributed by atoms with Gasteiger partial charge in [-0.05, 0) is 30.5 Å². The summed E-state index contributed by atoms with van der Waals surface area (Å²) in [7, 11) is 1.30. The lowest BCUT2D eigenvalue weighted by Gasteiger charge is -2.08. The van der Waals surface area contributed by atoms with Crippen LogP contribution in [0.3, 0.4) is 0 Å². The molecule has 8 heteroatoms. The topological polar surface area (TPSA) is 81.9 Å². The fourth-order valence-electron chi connectivity index (χ4n) is 2.21. The summed E-state index contributed by atoms with van der Waals surface area (Å²) in [6.45, 7) is 1.69. The average molecular weight is 345 g/mol. The number of aromatic nitrogens is 2. The molecule has 0 fully saturated rings. The molecule has 124 valence electrons. The minimum atomic E-state index is -0.487. The number of thiophene rings is 1. The third-order valence-electron chi connectivity index (χ3n) is 3.24. The van der Waals surface area contributed by atoms with Gasteiger partial charge in [0.2, 0.25) is 0 Å². The molecule has 3 heterocycles. The van der Waals surface area contributed by atoms with Gasteiger partial charge in [0.15, 0.2) is 18.0 Å². The van der Waals surface area contributed by atoms with Gasteiger partial charge in [-0.3, -0.25) is 4.79 Å². The van der Waals surface area contributed by atoms with Crippen molar-refractivity contribution in [3.63, 3.8) is 0 Å². The van der Waals surface area contributed by atoms with Crippen LogP contribution in [-0.2, 0) is 9.53 Å². The van der Waals surface area contributed by atoms with Gasteiger partial charge in [-0.25, -0.2) is 9.78 Å². The van der Waals surface area contributed by atoms with Crippen LogP contribution in [0.15, 0.2) is 36.0 Å². The van der Waals surface area contributed by atoms with Crippen molar-refractivity contribution in [3.8, 4) is 5.75 Å². The smallest absolute Gasteiger partial charge is 0.350 e. The highest BCUT2D eigenvalue weighted by Crippen LogP contribution is 2.23. The predicted molar refractivity (Wildman–Crippen MR) is 89.7 cm³/mol. The zero-order valence-corrected chi connectivity index (χ0v) is 13.9. The van der Waals surface area contributed by atoms with E-state index in [4.69, 9.17) is 4.74 Å². The number of hydrogen-bond acceptors (Lipinski definition) is 6. The molecule has 3 aromatic rings. The lowest BCUT2D eigenvalue weighted by Crippen LogP contribution is -2.21. The molecule has 24 heavy (non-hydrogen) atoms. The maximum absolute atomic E-state index is 12.1. The summed E-state index contributed by atoms with van der Waals surface area (Å²) in [5.41, 5.74) is 1.92. The van der Waals surface area contributed by atoms with Crippen LogP contribution in [0, 0.1) is 6.92 Å². The van der Waals surface area contributed by atoms with E-state index in [-0.39, 0.29) is 12.5 Å². The second-order valence-electron chi connectivity index (χ2n) is 4.98. The molecular formula is C16H15N3O4S. The number of anilines is 1. The molecule has 0 aliphatic heterocycles. The number of esters is 1. The molecule has 0 bridgehead atoms. The first-order valence-electron chi connectivity index (χ1n) is 7.11. The van der Waals surface area contributed by atoms with Crippen molar-refractivity contribution in [2.75, 3.05) is 19.0 Å². The summed E-state index contributed by atoms with van der Waals surface area (Å²) in [6.07, 6.45) is 3.73. The third-order valence-corrected chi connectivity index (χ3v) is 4.13. The number of aryl methyl sites for hydroxylation is 1. The summed E-state index contributed by atoms with van der Waals surface area (Å²) < 4.78 is 12.1. The second kappa shape index (κ2) is 6.71. The minimum absolute atomic E-state index is 0.192. The number of hydrogen-bond donors (Lipinski definition) is 1. The minimum Gasteiger partial charge on any atom is -0.480 e. The van der Waals surface area contributed by atoms with Gasteiger partial charge in [0.1, 0.15) is 4.88 Å². The molecule has 3 rings (SSSR count). The lowest BCUT2D eigenvalue weighted by molar-refractivity contribution is -0.118. The first-order valence-corrected chi connectivity index (χ1v) is 7.99. The maximum atomic E-state index is 12.1. The van der Waals surface area contributed by atoms with Crippen LogP contribution in [0.5, 0.6) is 5.75 Å². The Morgan fingerprint density at radius 2 is 2.21 bits per heavy atom. The molecule has 0 aliphatic rings. The van der Waals surface area contributed by atoms with Crippen LogP contribution in [0.25, 0.3) is 5.65 Å². The van der Waals surface area contributed by atoms with E-state index in [1.165, 1.54) is 18.4 Å². The number of amides is 1. The Kier molecular flexibility index (Phi) is 4.48. The highest BCUT2D eigenvalue weighted by Gasteiger charge is 2.16. The largest absolute Gasteiger partial charge is 0.480 e.